The number of carbonyl (C=O) groups is 1. The largest absolute Gasteiger partial charge is 0.303 e. The Labute approximate surface area is 85.7 Å². The Balaban J connectivity index is 3.10. The molecule has 0 N–H and O–H groups in total. The van der Waals surface area contributed by atoms with Crippen LogP contribution in [0.25, 0.3) is 0 Å². The summed E-state index contributed by atoms with van der Waals surface area (Å²) in [6.45, 7) is 1.73. The van der Waals surface area contributed by atoms with Crippen LogP contribution in [0.15, 0.2) is 12.1 Å². The molecule has 0 radical (unpaired) electrons. The van der Waals surface area contributed by atoms with Crippen LogP contribution in [0.4, 0.5) is 8.78 Å². The number of halogens is 3. The van der Waals surface area contributed by atoms with Gasteiger partial charge in [-0.2, -0.15) is 0 Å². The predicted octanol–water partition coefficient (Wildman–Crippen LogP) is 3.31. The molecule has 0 spiro atoms. The summed E-state index contributed by atoms with van der Waals surface area (Å²) in [6, 6.07) is 2.41. The molecule has 1 unspecified atom stereocenters. The highest BCUT2D eigenvalue weighted by molar-refractivity contribution is 6.31. The molecule has 0 aromatic heterocycles. The first kappa shape index (κ1) is 11.1. The Bertz CT molecular complexity index is 352. The molecule has 1 rings (SSSR count). The second-order valence-electron chi connectivity index (χ2n) is 3.07. The molecule has 76 valence electrons. The molecule has 14 heavy (non-hydrogen) atoms. The monoisotopic (exact) mass is 218 g/mol. The lowest BCUT2D eigenvalue weighted by atomic mass is 9.98. The van der Waals surface area contributed by atoms with Gasteiger partial charge in [-0.3, -0.25) is 0 Å². The van der Waals surface area contributed by atoms with E-state index in [1.54, 1.807) is 6.92 Å². The molecule has 0 heterocycles. The molecule has 1 aromatic rings. The maximum absolute atomic E-state index is 13.0. The Morgan fingerprint density at radius 1 is 1.50 bits per heavy atom. The van der Waals surface area contributed by atoms with Crippen molar-refractivity contribution in [1.29, 1.82) is 0 Å². The molecule has 1 atom stereocenters. The van der Waals surface area contributed by atoms with Crippen LogP contribution in [0.3, 0.4) is 0 Å². The van der Waals surface area contributed by atoms with Crippen molar-refractivity contribution in [3.8, 4) is 0 Å². The number of rotatable bonds is 3. The van der Waals surface area contributed by atoms with Crippen molar-refractivity contribution in [3.05, 3.63) is 34.4 Å². The van der Waals surface area contributed by atoms with Crippen molar-refractivity contribution in [1.82, 2.24) is 0 Å². The van der Waals surface area contributed by atoms with Gasteiger partial charge in [0.25, 0.3) is 0 Å². The standard InChI is InChI=1S/C10H9ClF2O/c1-6(4-5-14)7-2-3-8(12)10(13)9(7)11/h2-3,5-6H,4H2,1H3. The molecule has 0 aliphatic rings. The van der Waals surface area contributed by atoms with Gasteiger partial charge in [0.05, 0.1) is 5.02 Å². The normalized spacial score (nSPS) is 12.6. The Hall–Kier alpha value is -0.960. The van der Waals surface area contributed by atoms with E-state index in [2.05, 4.69) is 0 Å². The lowest BCUT2D eigenvalue weighted by molar-refractivity contribution is -0.108. The summed E-state index contributed by atoms with van der Waals surface area (Å²) in [5.41, 5.74) is 0.456. The number of hydrogen-bond donors (Lipinski definition) is 0. The third-order valence-corrected chi connectivity index (χ3v) is 2.43. The second-order valence-corrected chi connectivity index (χ2v) is 3.45. The highest BCUT2D eigenvalue weighted by atomic mass is 35.5. The van der Waals surface area contributed by atoms with E-state index in [1.807, 2.05) is 0 Å². The highest BCUT2D eigenvalue weighted by Crippen LogP contribution is 2.29. The fourth-order valence-corrected chi connectivity index (χ4v) is 1.53. The van der Waals surface area contributed by atoms with Crippen molar-refractivity contribution < 1.29 is 13.6 Å². The topological polar surface area (TPSA) is 17.1 Å². The maximum atomic E-state index is 13.0. The van der Waals surface area contributed by atoms with Crippen LogP contribution in [0.1, 0.15) is 24.8 Å². The zero-order chi connectivity index (χ0) is 10.7. The molecular formula is C10H9ClF2O. The van der Waals surface area contributed by atoms with Gasteiger partial charge < -0.3 is 4.79 Å². The van der Waals surface area contributed by atoms with Crippen molar-refractivity contribution in [2.24, 2.45) is 0 Å². The van der Waals surface area contributed by atoms with Gasteiger partial charge in [0.15, 0.2) is 11.6 Å². The number of hydrogen-bond acceptors (Lipinski definition) is 1. The molecule has 0 fully saturated rings. The molecule has 1 nitrogen and oxygen atoms in total. The molecular weight excluding hydrogens is 210 g/mol. The van der Waals surface area contributed by atoms with E-state index in [0.717, 1.165) is 12.4 Å². The van der Waals surface area contributed by atoms with E-state index in [0.29, 0.717) is 5.56 Å². The van der Waals surface area contributed by atoms with Gasteiger partial charge in [-0.1, -0.05) is 24.6 Å². The molecule has 4 heteroatoms. The van der Waals surface area contributed by atoms with Crippen LogP contribution in [0.2, 0.25) is 5.02 Å². The Morgan fingerprint density at radius 2 is 2.14 bits per heavy atom. The second kappa shape index (κ2) is 4.51. The highest BCUT2D eigenvalue weighted by Gasteiger charge is 2.15. The summed E-state index contributed by atoms with van der Waals surface area (Å²) in [5, 5.41) is -0.237. The minimum absolute atomic E-state index is 0.199. The summed E-state index contributed by atoms with van der Waals surface area (Å²) in [7, 11) is 0. The molecule has 0 saturated carbocycles. The van der Waals surface area contributed by atoms with E-state index in [1.165, 1.54) is 6.07 Å². The Kier molecular flexibility index (Phi) is 3.58. The minimum atomic E-state index is -1.05. The fourth-order valence-electron chi connectivity index (χ4n) is 1.19. The molecule has 1 aromatic carbocycles. The zero-order valence-electron chi connectivity index (χ0n) is 7.56. The summed E-state index contributed by atoms with van der Waals surface area (Å²) >= 11 is 5.60. The average Bonchev–Trinajstić information content (AvgIpc) is 2.15. The number of benzene rings is 1. The van der Waals surface area contributed by atoms with E-state index < -0.39 is 11.6 Å². The van der Waals surface area contributed by atoms with Gasteiger partial charge in [0, 0.05) is 6.42 Å². The van der Waals surface area contributed by atoms with E-state index in [9.17, 15) is 13.6 Å². The molecule has 0 aliphatic heterocycles. The number of carbonyl (C=O) groups excluding carboxylic acids is 1. The van der Waals surface area contributed by atoms with Crippen LogP contribution in [-0.2, 0) is 4.79 Å². The van der Waals surface area contributed by atoms with Crippen molar-refractivity contribution >= 4 is 17.9 Å². The van der Waals surface area contributed by atoms with Gasteiger partial charge in [-0.15, -0.1) is 0 Å². The average molecular weight is 219 g/mol. The molecule has 0 bridgehead atoms. The van der Waals surface area contributed by atoms with Crippen molar-refractivity contribution in [2.75, 3.05) is 0 Å². The third-order valence-electron chi connectivity index (χ3n) is 2.05. The smallest absolute Gasteiger partial charge is 0.177 e. The first-order valence-electron chi connectivity index (χ1n) is 4.15. The van der Waals surface area contributed by atoms with Crippen LogP contribution >= 0.6 is 11.6 Å². The summed E-state index contributed by atoms with van der Waals surface area (Å²) in [4.78, 5) is 10.2. The van der Waals surface area contributed by atoms with E-state index >= 15 is 0 Å². The number of aldehydes is 1. The zero-order valence-corrected chi connectivity index (χ0v) is 8.31. The third kappa shape index (κ3) is 2.10. The first-order chi connectivity index (χ1) is 6.57. The Morgan fingerprint density at radius 3 is 2.71 bits per heavy atom. The van der Waals surface area contributed by atoms with Gasteiger partial charge in [-0.05, 0) is 17.5 Å². The quantitative estimate of drug-likeness (QED) is 0.562. The molecule has 0 saturated heterocycles. The first-order valence-corrected chi connectivity index (χ1v) is 4.52. The molecule has 0 aliphatic carbocycles. The van der Waals surface area contributed by atoms with Gasteiger partial charge in [0.2, 0.25) is 0 Å². The van der Waals surface area contributed by atoms with Gasteiger partial charge in [0.1, 0.15) is 6.29 Å². The van der Waals surface area contributed by atoms with Crippen LogP contribution < -0.4 is 0 Å². The minimum Gasteiger partial charge on any atom is -0.303 e. The van der Waals surface area contributed by atoms with Crippen LogP contribution in [0, 0.1) is 11.6 Å². The van der Waals surface area contributed by atoms with Gasteiger partial charge in [-0.25, -0.2) is 8.78 Å². The van der Waals surface area contributed by atoms with Crippen LogP contribution in [-0.4, -0.2) is 6.29 Å². The predicted molar refractivity (Wildman–Crippen MR) is 50.5 cm³/mol. The summed E-state index contributed by atoms with van der Waals surface area (Å²) in [6.07, 6.45) is 0.965. The lowest BCUT2D eigenvalue weighted by Crippen LogP contribution is -1.98. The molecule has 0 amide bonds. The van der Waals surface area contributed by atoms with Crippen molar-refractivity contribution in [3.63, 3.8) is 0 Å². The maximum Gasteiger partial charge on any atom is 0.177 e. The van der Waals surface area contributed by atoms with Gasteiger partial charge >= 0.3 is 0 Å². The van der Waals surface area contributed by atoms with Crippen LogP contribution in [0.5, 0.6) is 0 Å². The lowest BCUT2D eigenvalue weighted by Gasteiger charge is -2.10. The summed E-state index contributed by atoms with van der Waals surface area (Å²) in [5.74, 6) is -2.23. The van der Waals surface area contributed by atoms with Crippen molar-refractivity contribution in [2.45, 2.75) is 19.3 Å². The van der Waals surface area contributed by atoms with E-state index in [-0.39, 0.29) is 17.4 Å². The SMILES string of the molecule is CC(CC=O)c1ccc(F)c(F)c1Cl. The summed E-state index contributed by atoms with van der Waals surface area (Å²) < 4.78 is 25.7. The fraction of sp³-hybridized carbons (Fsp3) is 0.300. The van der Waals surface area contributed by atoms with E-state index in [4.69, 9.17) is 11.6 Å².